The Balaban J connectivity index is 1.49. The molecule has 1 amide bonds. The van der Waals surface area contributed by atoms with Crippen LogP contribution in [0.2, 0.25) is 0 Å². The van der Waals surface area contributed by atoms with Crippen molar-refractivity contribution in [2.45, 2.75) is 39.2 Å². The topological polar surface area (TPSA) is 62.7 Å². The molecule has 1 aromatic carbocycles. The number of amides is 1. The summed E-state index contributed by atoms with van der Waals surface area (Å²) in [6, 6.07) is 7.97. The van der Waals surface area contributed by atoms with Gasteiger partial charge in [-0.05, 0) is 52.4 Å². The van der Waals surface area contributed by atoms with Gasteiger partial charge in [0.25, 0.3) is 5.91 Å². The van der Waals surface area contributed by atoms with Gasteiger partial charge in [-0.3, -0.25) is 14.6 Å². The van der Waals surface area contributed by atoms with E-state index in [9.17, 15) is 9.59 Å². The second kappa shape index (κ2) is 7.41. The molecule has 1 unspecified atom stereocenters. The van der Waals surface area contributed by atoms with Crippen LogP contribution in [0.15, 0.2) is 24.3 Å². The quantitative estimate of drug-likeness (QED) is 0.748. The number of hydrogen-bond donors (Lipinski definition) is 0. The molecule has 2 fully saturated rings. The zero-order chi connectivity index (χ0) is 20.8. The third-order valence-corrected chi connectivity index (χ3v) is 6.37. The minimum absolute atomic E-state index is 0.00413. The van der Waals surface area contributed by atoms with Crippen LogP contribution in [0, 0.1) is 19.3 Å². The minimum Gasteiger partial charge on any atom is -0.461 e. The van der Waals surface area contributed by atoms with Gasteiger partial charge in [0.2, 0.25) is 0 Å². The zero-order valence-corrected chi connectivity index (χ0v) is 17.7. The summed E-state index contributed by atoms with van der Waals surface area (Å²) in [6.45, 7) is 5.83. The number of piperidine rings is 1. The van der Waals surface area contributed by atoms with Crippen molar-refractivity contribution >= 4 is 22.8 Å². The van der Waals surface area contributed by atoms with Gasteiger partial charge >= 0.3 is 5.97 Å². The van der Waals surface area contributed by atoms with Crippen molar-refractivity contribution in [2.75, 3.05) is 33.7 Å². The van der Waals surface area contributed by atoms with E-state index in [4.69, 9.17) is 4.74 Å². The normalized spacial score (nSPS) is 21.2. The number of aryl methyl sites for hydroxylation is 2. The number of carbonyl (C=O) groups excluding carboxylic acids is 2. The lowest BCUT2D eigenvalue weighted by Crippen LogP contribution is -2.45. The van der Waals surface area contributed by atoms with E-state index in [2.05, 4.69) is 4.98 Å². The predicted molar refractivity (Wildman–Crippen MR) is 112 cm³/mol. The molecular formula is C23H29N3O3. The average Bonchev–Trinajstić information content (AvgIpc) is 2.96. The van der Waals surface area contributed by atoms with Crippen LogP contribution < -0.4 is 0 Å². The largest absolute Gasteiger partial charge is 0.461 e. The molecule has 1 aromatic heterocycles. The molecule has 3 heterocycles. The highest BCUT2D eigenvalue weighted by atomic mass is 16.6. The molecule has 0 radical (unpaired) electrons. The fourth-order valence-electron chi connectivity index (χ4n) is 4.72. The summed E-state index contributed by atoms with van der Waals surface area (Å²) in [5, 5.41) is 0.985. The van der Waals surface area contributed by atoms with Gasteiger partial charge in [0, 0.05) is 31.4 Å². The number of cyclic esters (lactones) is 1. The molecule has 0 bridgehead atoms. The molecule has 2 aliphatic heterocycles. The van der Waals surface area contributed by atoms with Gasteiger partial charge in [0.05, 0.1) is 22.2 Å². The number of carbonyl (C=O) groups is 2. The molecule has 6 nitrogen and oxygen atoms in total. The number of pyridine rings is 1. The number of nitrogens with zero attached hydrogens (tertiary/aromatic N) is 3. The third-order valence-electron chi connectivity index (χ3n) is 6.37. The van der Waals surface area contributed by atoms with Crippen LogP contribution in [0.25, 0.3) is 10.9 Å². The number of aromatic nitrogens is 1. The first-order chi connectivity index (χ1) is 13.8. The molecule has 0 saturated carbocycles. The van der Waals surface area contributed by atoms with Crippen molar-refractivity contribution < 1.29 is 14.3 Å². The molecular weight excluding hydrogens is 366 g/mol. The summed E-state index contributed by atoms with van der Waals surface area (Å²) in [4.78, 5) is 34.4. The number of rotatable bonds is 3. The summed E-state index contributed by atoms with van der Waals surface area (Å²) in [7, 11) is 3.98. The molecule has 0 N–H and O–H groups in total. The van der Waals surface area contributed by atoms with E-state index < -0.39 is 5.41 Å². The molecule has 154 valence electrons. The van der Waals surface area contributed by atoms with E-state index in [1.807, 2.05) is 62.0 Å². The Labute approximate surface area is 171 Å². The van der Waals surface area contributed by atoms with E-state index in [1.54, 1.807) is 0 Å². The van der Waals surface area contributed by atoms with Crippen molar-refractivity contribution in [3.05, 3.63) is 41.1 Å². The predicted octanol–water partition coefficient (Wildman–Crippen LogP) is 2.95. The Bertz CT molecular complexity index is 961. The van der Waals surface area contributed by atoms with Gasteiger partial charge in [0.15, 0.2) is 0 Å². The zero-order valence-electron chi connectivity index (χ0n) is 17.7. The van der Waals surface area contributed by atoms with Gasteiger partial charge in [-0.15, -0.1) is 0 Å². The highest BCUT2D eigenvalue weighted by Crippen LogP contribution is 2.43. The Morgan fingerprint density at radius 1 is 1.28 bits per heavy atom. The Morgan fingerprint density at radius 3 is 2.69 bits per heavy atom. The first-order valence-electron chi connectivity index (χ1n) is 10.3. The molecule has 0 aliphatic carbocycles. The maximum Gasteiger partial charge on any atom is 0.312 e. The number of hydrogen-bond acceptors (Lipinski definition) is 5. The van der Waals surface area contributed by atoms with Crippen molar-refractivity contribution in [1.82, 2.24) is 14.8 Å². The Hall–Kier alpha value is -2.47. The van der Waals surface area contributed by atoms with E-state index in [0.717, 1.165) is 35.1 Å². The number of likely N-dealkylation sites (tertiary alicyclic amines) is 1. The van der Waals surface area contributed by atoms with Crippen LogP contribution in [0.4, 0.5) is 0 Å². The highest BCUT2D eigenvalue weighted by molar-refractivity contribution is 5.99. The summed E-state index contributed by atoms with van der Waals surface area (Å²) in [5.74, 6) is -0.0834. The Morgan fingerprint density at radius 2 is 2.00 bits per heavy atom. The second-order valence-electron chi connectivity index (χ2n) is 8.83. The van der Waals surface area contributed by atoms with Gasteiger partial charge < -0.3 is 14.5 Å². The molecule has 6 heteroatoms. The van der Waals surface area contributed by atoms with E-state index >= 15 is 0 Å². The summed E-state index contributed by atoms with van der Waals surface area (Å²) in [5.41, 5.74) is 3.03. The minimum atomic E-state index is -0.425. The smallest absolute Gasteiger partial charge is 0.312 e. The number of esters is 1. The van der Waals surface area contributed by atoms with Crippen molar-refractivity contribution in [1.29, 1.82) is 0 Å². The molecule has 2 saturated heterocycles. The van der Waals surface area contributed by atoms with E-state index in [1.165, 1.54) is 0 Å². The van der Waals surface area contributed by atoms with Crippen molar-refractivity contribution in [2.24, 2.45) is 5.41 Å². The van der Waals surface area contributed by atoms with Gasteiger partial charge in [0.1, 0.15) is 6.10 Å². The fourth-order valence-corrected chi connectivity index (χ4v) is 4.72. The third kappa shape index (κ3) is 3.62. The molecule has 1 atom stereocenters. The highest BCUT2D eigenvalue weighted by Gasteiger charge is 2.50. The van der Waals surface area contributed by atoms with E-state index in [0.29, 0.717) is 31.5 Å². The van der Waals surface area contributed by atoms with Crippen molar-refractivity contribution in [3.8, 4) is 0 Å². The van der Waals surface area contributed by atoms with Crippen LogP contribution in [-0.2, 0) is 9.53 Å². The summed E-state index contributed by atoms with van der Waals surface area (Å²) >= 11 is 0. The number of fused-ring (bicyclic) bond motifs is 1. The summed E-state index contributed by atoms with van der Waals surface area (Å²) in [6.07, 6.45) is 2.04. The SMILES string of the molecule is Cc1nc2c(C)cccc2cc1C(=O)N1CCC2(CC1)CC(CN(C)C)OC2=O. The number of para-hydroxylation sites is 1. The summed E-state index contributed by atoms with van der Waals surface area (Å²) < 4.78 is 5.63. The van der Waals surface area contributed by atoms with Crippen molar-refractivity contribution in [3.63, 3.8) is 0 Å². The number of ether oxygens (including phenoxy) is 1. The van der Waals surface area contributed by atoms with Gasteiger partial charge in [-0.2, -0.15) is 0 Å². The Kier molecular flexibility index (Phi) is 5.07. The molecule has 4 rings (SSSR count). The van der Waals surface area contributed by atoms with Crippen LogP contribution >= 0.6 is 0 Å². The monoisotopic (exact) mass is 395 g/mol. The first kappa shape index (κ1) is 19.8. The molecule has 29 heavy (non-hydrogen) atoms. The first-order valence-corrected chi connectivity index (χ1v) is 10.3. The van der Waals surface area contributed by atoms with Crippen LogP contribution in [0.1, 0.15) is 40.9 Å². The van der Waals surface area contributed by atoms with Crippen LogP contribution in [0.5, 0.6) is 0 Å². The lowest BCUT2D eigenvalue weighted by atomic mass is 9.76. The van der Waals surface area contributed by atoms with Gasteiger partial charge in [-0.25, -0.2) is 0 Å². The maximum atomic E-state index is 13.2. The van der Waals surface area contributed by atoms with Gasteiger partial charge in [-0.1, -0.05) is 18.2 Å². The number of benzene rings is 1. The maximum absolute atomic E-state index is 13.2. The fraction of sp³-hybridized carbons (Fsp3) is 0.522. The average molecular weight is 396 g/mol. The molecule has 1 spiro atoms. The van der Waals surface area contributed by atoms with Crippen LogP contribution in [0.3, 0.4) is 0 Å². The number of likely N-dealkylation sites (N-methyl/N-ethyl adjacent to an activating group) is 1. The second-order valence-corrected chi connectivity index (χ2v) is 8.83. The lowest BCUT2D eigenvalue weighted by Gasteiger charge is -2.36. The lowest BCUT2D eigenvalue weighted by molar-refractivity contribution is -0.150. The standard InChI is InChI=1S/C23H29N3O3/c1-15-6-5-7-17-12-19(16(2)24-20(15)17)21(27)26-10-8-23(9-11-26)13-18(14-25(3)4)29-22(23)28/h5-7,12,18H,8-11,13-14H2,1-4H3. The molecule has 2 aliphatic rings. The van der Waals surface area contributed by atoms with E-state index in [-0.39, 0.29) is 18.0 Å². The van der Waals surface area contributed by atoms with Crippen LogP contribution in [-0.4, -0.2) is 66.5 Å². The molecule has 2 aromatic rings.